The molecule has 0 aliphatic heterocycles. The van der Waals surface area contributed by atoms with Gasteiger partial charge in [-0.2, -0.15) is 5.10 Å². The van der Waals surface area contributed by atoms with Crippen LogP contribution in [-0.4, -0.2) is 27.1 Å². The van der Waals surface area contributed by atoms with Crippen molar-refractivity contribution >= 4 is 5.82 Å². The third-order valence-corrected chi connectivity index (χ3v) is 3.89. The van der Waals surface area contributed by atoms with Gasteiger partial charge >= 0.3 is 0 Å². The van der Waals surface area contributed by atoms with Crippen molar-refractivity contribution in [3.05, 3.63) is 65.5 Å². The standard InChI is InChI=1S/C18H21N5/c1-13-16(21-22-18(13)15-6-4-3-5-7-15)12-23(2)11-14-8-9-17(19)20-10-14/h3-10H,11-12H2,1-2H3,(H2,19,20)(H,21,22). The lowest BCUT2D eigenvalue weighted by atomic mass is 10.1. The molecule has 0 aliphatic carbocycles. The Kier molecular flexibility index (Phi) is 4.39. The molecular weight excluding hydrogens is 286 g/mol. The summed E-state index contributed by atoms with van der Waals surface area (Å²) < 4.78 is 0. The second kappa shape index (κ2) is 6.62. The summed E-state index contributed by atoms with van der Waals surface area (Å²) in [5, 5.41) is 7.65. The van der Waals surface area contributed by atoms with E-state index in [0.717, 1.165) is 35.6 Å². The topological polar surface area (TPSA) is 70.8 Å². The van der Waals surface area contributed by atoms with Gasteiger partial charge in [0, 0.05) is 24.8 Å². The van der Waals surface area contributed by atoms with Gasteiger partial charge in [-0.25, -0.2) is 4.98 Å². The fraction of sp³-hybridized carbons (Fsp3) is 0.222. The number of nitrogens with zero attached hydrogens (tertiary/aromatic N) is 3. The summed E-state index contributed by atoms with van der Waals surface area (Å²) in [6.07, 6.45) is 1.82. The first-order chi connectivity index (χ1) is 11.1. The molecule has 0 bridgehead atoms. The third-order valence-electron chi connectivity index (χ3n) is 3.89. The van der Waals surface area contributed by atoms with Crippen molar-refractivity contribution in [2.75, 3.05) is 12.8 Å². The zero-order valence-corrected chi connectivity index (χ0v) is 13.5. The minimum atomic E-state index is 0.549. The molecule has 0 fully saturated rings. The van der Waals surface area contributed by atoms with Crippen LogP contribution in [0.25, 0.3) is 11.3 Å². The number of nitrogens with one attached hydrogen (secondary N) is 1. The SMILES string of the molecule is Cc1c(-c2ccccc2)n[nH]c1CN(C)Cc1ccc(N)nc1. The monoisotopic (exact) mass is 307 g/mol. The van der Waals surface area contributed by atoms with Crippen molar-refractivity contribution < 1.29 is 0 Å². The smallest absolute Gasteiger partial charge is 0.123 e. The number of pyridine rings is 1. The Bertz CT molecular complexity index is 762. The highest BCUT2D eigenvalue weighted by molar-refractivity contribution is 5.63. The summed E-state index contributed by atoms with van der Waals surface area (Å²) in [5.74, 6) is 0.549. The Morgan fingerprint density at radius 2 is 1.87 bits per heavy atom. The van der Waals surface area contributed by atoms with Crippen molar-refractivity contribution in [3.63, 3.8) is 0 Å². The lowest BCUT2D eigenvalue weighted by Gasteiger charge is -2.16. The van der Waals surface area contributed by atoms with Crippen molar-refractivity contribution in [2.24, 2.45) is 0 Å². The van der Waals surface area contributed by atoms with E-state index >= 15 is 0 Å². The Labute approximate surface area is 136 Å². The second-order valence-electron chi connectivity index (χ2n) is 5.81. The molecule has 2 aromatic heterocycles. The maximum absolute atomic E-state index is 5.62. The van der Waals surface area contributed by atoms with Gasteiger partial charge in [0.15, 0.2) is 0 Å². The first-order valence-corrected chi connectivity index (χ1v) is 7.61. The van der Waals surface area contributed by atoms with Gasteiger partial charge in [-0.05, 0) is 31.2 Å². The van der Waals surface area contributed by atoms with Crippen molar-refractivity contribution in [3.8, 4) is 11.3 Å². The number of H-pyrrole nitrogens is 1. The zero-order chi connectivity index (χ0) is 16.2. The van der Waals surface area contributed by atoms with Crippen LogP contribution < -0.4 is 5.73 Å². The van der Waals surface area contributed by atoms with Gasteiger partial charge in [0.1, 0.15) is 5.82 Å². The minimum absolute atomic E-state index is 0.549. The summed E-state index contributed by atoms with van der Waals surface area (Å²) in [4.78, 5) is 6.36. The number of benzene rings is 1. The predicted octanol–water partition coefficient (Wildman–Crippen LogP) is 2.99. The molecule has 5 nitrogen and oxygen atoms in total. The Morgan fingerprint density at radius 1 is 1.09 bits per heavy atom. The lowest BCUT2D eigenvalue weighted by Crippen LogP contribution is -2.18. The molecule has 0 spiro atoms. The number of anilines is 1. The van der Waals surface area contributed by atoms with Crippen molar-refractivity contribution in [1.29, 1.82) is 0 Å². The highest BCUT2D eigenvalue weighted by Crippen LogP contribution is 2.23. The van der Waals surface area contributed by atoms with Gasteiger partial charge in [-0.3, -0.25) is 10.00 Å². The zero-order valence-electron chi connectivity index (χ0n) is 13.5. The van der Waals surface area contributed by atoms with Crippen LogP contribution in [0, 0.1) is 6.92 Å². The van der Waals surface area contributed by atoms with Crippen molar-refractivity contribution in [2.45, 2.75) is 20.0 Å². The van der Waals surface area contributed by atoms with E-state index in [9.17, 15) is 0 Å². The van der Waals surface area contributed by atoms with Crippen LogP contribution in [0.3, 0.4) is 0 Å². The maximum Gasteiger partial charge on any atom is 0.123 e. The maximum atomic E-state index is 5.62. The van der Waals surface area contributed by atoms with Crippen LogP contribution in [0.4, 0.5) is 5.82 Å². The van der Waals surface area contributed by atoms with Gasteiger partial charge in [-0.15, -0.1) is 0 Å². The highest BCUT2D eigenvalue weighted by Gasteiger charge is 2.12. The molecule has 3 rings (SSSR count). The molecular formula is C18H21N5. The van der Waals surface area contributed by atoms with Crippen LogP contribution in [0.2, 0.25) is 0 Å². The summed E-state index contributed by atoms with van der Waals surface area (Å²) in [6, 6.07) is 14.1. The first-order valence-electron chi connectivity index (χ1n) is 7.61. The quantitative estimate of drug-likeness (QED) is 0.760. The molecule has 0 saturated heterocycles. The van der Waals surface area contributed by atoms with Gasteiger partial charge in [0.25, 0.3) is 0 Å². The Hall–Kier alpha value is -2.66. The van der Waals surface area contributed by atoms with E-state index < -0.39 is 0 Å². The normalized spacial score (nSPS) is 11.1. The third kappa shape index (κ3) is 3.57. The van der Waals surface area contributed by atoms with Crippen LogP contribution in [0.15, 0.2) is 48.7 Å². The molecule has 0 radical (unpaired) electrons. The Morgan fingerprint density at radius 3 is 2.57 bits per heavy atom. The molecule has 3 aromatic rings. The molecule has 0 saturated carbocycles. The van der Waals surface area contributed by atoms with Crippen LogP contribution in [0.1, 0.15) is 16.8 Å². The number of nitrogen functional groups attached to an aromatic ring is 1. The molecule has 0 unspecified atom stereocenters. The molecule has 0 aliphatic rings. The van der Waals surface area contributed by atoms with Gasteiger partial charge < -0.3 is 5.73 Å². The summed E-state index contributed by atoms with van der Waals surface area (Å²) in [5.41, 5.74) is 11.2. The van der Waals surface area contributed by atoms with Crippen LogP contribution in [-0.2, 0) is 13.1 Å². The summed E-state index contributed by atoms with van der Waals surface area (Å²) in [7, 11) is 2.08. The van der Waals surface area contributed by atoms with E-state index in [-0.39, 0.29) is 0 Å². The van der Waals surface area contributed by atoms with Crippen LogP contribution >= 0.6 is 0 Å². The molecule has 3 N–H and O–H groups in total. The highest BCUT2D eigenvalue weighted by atomic mass is 15.2. The molecule has 2 heterocycles. The van der Waals surface area contributed by atoms with E-state index in [1.807, 2.05) is 36.5 Å². The number of hydrogen-bond donors (Lipinski definition) is 2. The van der Waals surface area contributed by atoms with Gasteiger partial charge in [0.05, 0.1) is 11.4 Å². The predicted molar refractivity (Wildman–Crippen MR) is 92.6 cm³/mol. The van der Waals surface area contributed by atoms with Gasteiger partial charge in [0.2, 0.25) is 0 Å². The number of rotatable bonds is 5. The van der Waals surface area contributed by atoms with E-state index in [0.29, 0.717) is 5.82 Å². The molecule has 23 heavy (non-hydrogen) atoms. The number of hydrogen-bond acceptors (Lipinski definition) is 4. The molecule has 5 heteroatoms. The molecule has 0 amide bonds. The summed E-state index contributed by atoms with van der Waals surface area (Å²) in [6.45, 7) is 3.72. The van der Waals surface area contributed by atoms with Crippen LogP contribution in [0.5, 0.6) is 0 Å². The van der Waals surface area contributed by atoms with E-state index in [4.69, 9.17) is 5.73 Å². The average molecular weight is 307 g/mol. The lowest BCUT2D eigenvalue weighted by molar-refractivity contribution is 0.314. The van der Waals surface area contributed by atoms with E-state index in [1.54, 1.807) is 0 Å². The number of aromatic amines is 1. The fourth-order valence-electron chi connectivity index (χ4n) is 2.63. The molecule has 0 atom stereocenters. The van der Waals surface area contributed by atoms with E-state index in [2.05, 4.69) is 46.2 Å². The van der Waals surface area contributed by atoms with Gasteiger partial charge in [-0.1, -0.05) is 36.4 Å². The number of nitrogens with two attached hydrogens (primary N) is 1. The minimum Gasteiger partial charge on any atom is -0.384 e. The molecule has 1 aromatic carbocycles. The first kappa shape index (κ1) is 15.2. The largest absolute Gasteiger partial charge is 0.384 e. The van der Waals surface area contributed by atoms with E-state index in [1.165, 1.54) is 5.56 Å². The Balaban J connectivity index is 1.71. The molecule has 118 valence electrons. The summed E-state index contributed by atoms with van der Waals surface area (Å²) >= 11 is 0. The average Bonchev–Trinajstić information content (AvgIpc) is 2.91. The number of aromatic nitrogens is 3. The second-order valence-corrected chi connectivity index (χ2v) is 5.81. The van der Waals surface area contributed by atoms with Crippen molar-refractivity contribution in [1.82, 2.24) is 20.1 Å². The fourth-order valence-corrected chi connectivity index (χ4v) is 2.63.